The maximum atomic E-state index is 6.30. The van der Waals surface area contributed by atoms with Crippen molar-refractivity contribution in [2.24, 2.45) is 5.73 Å². The van der Waals surface area contributed by atoms with Gasteiger partial charge < -0.3 is 5.73 Å². The lowest BCUT2D eigenvalue weighted by Crippen LogP contribution is -2.11. The highest BCUT2D eigenvalue weighted by Gasteiger charge is 2.07. The molecule has 1 atom stereocenters. The van der Waals surface area contributed by atoms with Crippen molar-refractivity contribution in [1.82, 2.24) is 0 Å². The van der Waals surface area contributed by atoms with Crippen LogP contribution in [0.5, 0.6) is 0 Å². The van der Waals surface area contributed by atoms with Crippen LogP contribution in [0, 0.1) is 6.92 Å². The lowest BCUT2D eigenvalue weighted by molar-refractivity contribution is 0.528. The highest BCUT2D eigenvalue weighted by Crippen LogP contribution is 2.21. The number of hydrogen-bond acceptors (Lipinski definition) is 1. The van der Waals surface area contributed by atoms with Gasteiger partial charge in [0.1, 0.15) is 0 Å². The molecule has 0 aromatic heterocycles. The minimum atomic E-state index is 0.222. The van der Waals surface area contributed by atoms with Crippen molar-refractivity contribution in [3.63, 3.8) is 0 Å². The fraction of sp³-hybridized carbons (Fsp3) is 0.700. The third kappa shape index (κ3) is 8.26. The second kappa shape index (κ2) is 11.8. The average molecular weight is 290 g/mol. The molecular formula is C20H35N. The van der Waals surface area contributed by atoms with E-state index in [0.29, 0.717) is 0 Å². The van der Waals surface area contributed by atoms with E-state index < -0.39 is 0 Å². The minimum Gasteiger partial charge on any atom is -0.324 e. The van der Waals surface area contributed by atoms with Crippen LogP contribution in [-0.2, 0) is 0 Å². The molecule has 21 heavy (non-hydrogen) atoms. The van der Waals surface area contributed by atoms with Crippen LogP contribution >= 0.6 is 0 Å². The summed E-state index contributed by atoms with van der Waals surface area (Å²) in [6.45, 7) is 4.44. The molecule has 1 nitrogen and oxygen atoms in total. The van der Waals surface area contributed by atoms with Crippen LogP contribution in [0.3, 0.4) is 0 Å². The first-order valence-electron chi connectivity index (χ1n) is 9.06. The molecule has 1 heteroatoms. The van der Waals surface area contributed by atoms with Gasteiger partial charge in [0.2, 0.25) is 0 Å². The average Bonchev–Trinajstić information content (AvgIpc) is 2.49. The van der Waals surface area contributed by atoms with Gasteiger partial charge in [-0.05, 0) is 24.5 Å². The third-order valence-electron chi connectivity index (χ3n) is 4.46. The molecule has 1 aromatic rings. The van der Waals surface area contributed by atoms with E-state index in [4.69, 9.17) is 5.73 Å². The molecule has 0 spiro atoms. The molecule has 0 bridgehead atoms. The molecule has 1 rings (SSSR count). The summed E-state index contributed by atoms with van der Waals surface area (Å²) in [6, 6.07) is 8.75. The zero-order valence-electron chi connectivity index (χ0n) is 14.2. The summed E-state index contributed by atoms with van der Waals surface area (Å²) in [5.41, 5.74) is 8.96. The Labute approximate surface area is 132 Å². The van der Waals surface area contributed by atoms with E-state index in [1.54, 1.807) is 0 Å². The largest absolute Gasteiger partial charge is 0.324 e. The summed E-state index contributed by atoms with van der Waals surface area (Å²) in [5, 5.41) is 0. The Bertz CT molecular complexity index is 359. The second-order valence-corrected chi connectivity index (χ2v) is 6.43. The zero-order chi connectivity index (χ0) is 15.3. The van der Waals surface area contributed by atoms with E-state index in [2.05, 4.69) is 38.1 Å². The molecule has 0 saturated carbocycles. The Hall–Kier alpha value is -0.820. The summed E-state index contributed by atoms with van der Waals surface area (Å²) >= 11 is 0. The highest BCUT2D eigenvalue weighted by atomic mass is 14.6. The van der Waals surface area contributed by atoms with Gasteiger partial charge in [-0.1, -0.05) is 95.4 Å². The number of rotatable bonds is 12. The quantitative estimate of drug-likeness (QED) is 0.448. The molecule has 2 N–H and O–H groups in total. The maximum absolute atomic E-state index is 6.30. The molecule has 1 unspecified atom stereocenters. The predicted molar refractivity (Wildman–Crippen MR) is 94.6 cm³/mol. The molecule has 1 aromatic carbocycles. The monoisotopic (exact) mass is 289 g/mol. The first kappa shape index (κ1) is 18.2. The van der Waals surface area contributed by atoms with Crippen LogP contribution in [0.1, 0.15) is 94.7 Å². The van der Waals surface area contributed by atoms with Gasteiger partial charge in [-0.3, -0.25) is 0 Å². The standard InChI is InChI=1S/C20H35N/c1-3-4-5-6-7-8-9-10-11-12-17-20(21)19-16-14-13-15-18(19)2/h13-16,20H,3-12,17,21H2,1-2H3. The van der Waals surface area contributed by atoms with Gasteiger partial charge >= 0.3 is 0 Å². The summed E-state index contributed by atoms with van der Waals surface area (Å²) in [7, 11) is 0. The Morgan fingerprint density at radius 3 is 1.90 bits per heavy atom. The van der Waals surface area contributed by atoms with Gasteiger partial charge in [0, 0.05) is 6.04 Å². The molecule has 0 aliphatic carbocycles. The minimum absolute atomic E-state index is 0.222. The van der Waals surface area contributed by atoms with Crippen molar-refractivity contribution in [1.29, 1.82) is 0 Å². The molecule has 0 aliphatic rings. The second-order valence-electron chi connectivity index (χ2n) is 6.43. The first-order valence-corrected chi connectivity index (χ1v) is 9.06. The van der Waals surface area contributed by atoms with Crippen molar-refractivity contribution >= 4 is 0 Å². The lowest BCUT2D eigenvalue weighted by Gasteiger charge is -2.14. The van der Waals surface area contributed by atoms with Crippen molar-refractivity contribution in [3.05, 3.63) is 35.4 Å². The fourth-order valence-electron chi connectivity index (χ4n) is 3.01. The SMILES string of the molecule is CCCCCCCCCCCCC(N)c1ccccc1C. The Morgan fingerprint density at radius 2 is 1.33 bits per heavy atom. The van der Waals surface area contributed by atoms with Crippen LogP contribution in [-0.4, -0.2) is 0 Å². The maximum Gasteiger partial charge on any atom is 0.0297 e. The van der Waals surface area contributed by atoms with E-state index in [1.807, 2.05) is 0 Å². The molecule has 0 fully saturated rings. The van der Waals surface area contributed by atoms with E-state index >= 15 is 0 Å². The normalized spacial score (nSPS) is 12.5. The van der Waals surface area contributed by atoms with Crippen LogP contribution < -0.4 is 5.73 Å². The zero-order valence-corrected chi connectivity index (χ0v) is 14.2. The van der Waals surface area contributed by atoms with E-state index in [-0.39, 0.29) is 6.04 Å². The summed E-state index contributed by atoms with van der Waals surface area (Å²) in [6.07, 6.45) is 15.0. The fourth-order valence-corrected chi connectivity index (χ4v) is 3.01. The van der Waals surface area contributed by atoms with Crippen LogP contribution in [0.15, 0.2) is 24.3 Å². The Morgan fingerprint density at radius 1 is 0.810 bits per heavy atom. The predicted octanol–water partition coefficient (Wildman–Crippen LogP) is 6.31. The number of benzene rings is 1. The van der Waals surface area contributed by atoms with Crippen molar-refractivity contribution in [3.8, 4) is 0 Å². The molecule has 0 radical (unpaired) electrons. The summed E-state index contributed by atoms with van der Waals surface area (Å²) < 4.78 is 0. The topological polar surface area (TPSA) is 26.0 Å². The van der Waals surface area contributed by atoms with Gasteiger partial charge in [-0.2, -0.15) is 0 Å². The number of aryl methyl sites for hydroxylation is 1. The molecule has 0 amide bonds. The van der Waals surface area contributed by atoms with Crippen molar-refractivity contribution in [2.75, 3.05) is 0 Å². The van der Waals surface area contributed by atoms with Crippen molar-refractivity contribution in [2.45, 2.75) is 90.5 Å². The first-order chi connectivity index (χ1) is 10.3. The van der Waals surface area contributed by atoms with Crippen LogP contribution in [0.4, 0.5) is 0 Å². The van der Waals surface area contributed by atoms with Crippen LogP contribution in [0.25, 0.3) is 0 Å². The molecular weight excluding hydrogens is 254 g/mol. The van der Waals surface area contributed by atoms with Crippen LogP contribution in [0.2, 0.25) is 0 Å². The number of nitrogens with two attached hydrogens (primary N) is 1. The van der Waals surface area contributed by atoms with E-state index in [0.717, 1.165) is 6.42 Å². The van der Waals surface area contributed by atoms with Gasteiger partial charge in [0.05, 0.1) is 0 Å². The Kier molecular flexibility index (Phi) is 10.2. The van der Waals surface area contributed by atoms with Crippen molar-refractivity contribution < 1.29 is 0 Å². The van der Waals surface area contributed by atoms with Gasteiger partial charge in [-0.25, -0.2) is 0 Å². The third-order valence-corrected chi connectivity index (χ3v) is 4.46. The number of unbranched alkanes of at least 4 members (excludes halogenated alkanes) is 9. The summed E-state index contributed by atoms with van der Waals surface area (Å²) in [4.78, 5) is 0. The molecule has 120 valence electrons. The summed E-state index contributed by atoms with van der Waals surface area (Å²) in [5.74, 6) is 0. The number of hydrogen-bond donors (Lipinski definition) is 1. The highest BCUT2D eigenvalue weighted by molar-refractivity contribution is 5.28. The smallest absolute Gasteiger partial charge is 0.0297 e. The molecule has 0 saturated heterocycles. The molecule has 0 aliphatic heterocycles. The van der Waals surface area contributed by atoms with Gasteiger partial charge in [0.25, 0.3) is 0 Å². The van der Waals surface area contributed by atoms with Gasteiger partial charge in [-0.15, -0.1) is 0 Å². The van der Waals surface area contributed by atoms with E-state index in [9.17, 15) is 0 Å². The molecule has 0 heterocycles. The van der Waals surface area contributed by atoms with Gasteiger partial charge in [0.15, 0.2) is 0 Å². The van der Waals surface area contributed by atoms with E-state index in [1.165, 1.54) is 75.3 Å². The Balaban J connectivity index is 1.98. The lowest BCUT2D eigenvalue weighted by atomic mass is 9.97.